The van der Waals surface area contributed by atoms with Gasteiger partial charge in [0.1, 0.15) is 5.82 Å². The molecule has 6 heteroatoms. The maximum Gasteiger partial charge on any atom is 0.239 e. The molecule has 2 amide bonds. The fourth-order valence-electron chi connectivity index (χ4n) is 1.78. The number of hydrogen-bond donors (Lipinski definition) is 2. The van der Waals surface area contributed by atoms with Crippen LogP contribution in [0.4, 0.5) is 4.39 Å². The Labute approximate surface area is 124 Å². The van der Waals surface area contributed by atoms with Gasteiger partial charge < -0.3 is 10.6 Å². The summed E-state index contributed by atoms with van der Waals surface area (Å²) >= 11 is 0. The average Bonchev–Trinajstić information content (AvgIpc) is 2.45. The second-order valence-corrected chi connectivity index (χ2v) is 4.89. The molecule has 0 aromatic heterocycles. The van der Waals surface area contributed by atoms with Crippen molar-refractivity contribution in [2.24, 2.45) is 0 Å². The van der Waals surface area contributed by atoms with Gasteiger partial charge in [0.15, 0.2) is 0 Å². The van der Waals surface area contributed by atoms with E-state index in [1.807, 2.05) is 6.92 Å². The number of nitrogens with zero attached hydrogens (tertiary/aromatic N) is 1. The maximum absolute atomic E-state index is 13.5. The van der Waals surface area contributed by atoms with Gasteiger partial charge in [-0.3, -0.25) is 14.5 Å². The predicted octanol–water partition coefficient (Wildman–Crippen LogP) is 0.900. The van der Waals surface area contributed by atoms with E-state index < -0.39 is 0 Å². The lowest BCUT2D eigenvalue weighted by Crippen LogP contribution is -2.41. The Morgan fingerprint density at radius 3 is 2.57 bits per heavy atom. The topological polar surface area (TPSA) is 61.4 Å². The van der Waals surface area contributed by atoms with Crippen LogP contribution in [0.3, 0.4) is 0 Å². The Balaban J connectivity index is 2.31. The van der Waals surface area contributed by atoms with Gasteiger partial charge in [0.25, 0.3) is 0 Å². The van der Waals surface area contributed by atoms with Crippen LogP contribution in [-0.4, -0.2) is 43.4 Å². The molecule has 0 radical (unpaired) electrons. The summed E-state index contributed by atoms with van der Waals surface area (Å²) in [5.74, 6) is -0.758. The summed E-state index contributed by atoms with van der Waals surface area (Å²) in [5, 5.41) is 5.21. The first-order valence-electron chi connectivity index (χ1n) is 6.98. The molecule has 0 bridgehead atoms. The first-order chi connectivity index (χ1) is 10.0. The first-order valence-corrected chi connectivity index (χ1v) is 6.98. The zero-order chi connectivity index (χ0) is 15.7. The molecule has 0 spiro atoms. The number of benzene rings is 1. The van der Waals surface area contributed by atoms with Crippen LogP contribution in [0.2, 0.25) is 0 Å². The van der Waals surface area contributed by atoms with Gasteiger partial charge in [0, 0.05) is 18.7 Å². The zero-order valence-electron chi connectivity index (χ0n) is 12.5. The van der Waals surface area contributed by atoms with E-state index in [1.165, 1.54) is 6.07 Å². The fourth-order valence-corrected chi connectivity index (χ4v) is 1.78. The quantitative estimate of drug-likeness (QED) is 0.749. The Morgan fingerprint density at radius 1 is 1.19 bits per heavy atom. The highest BCUT2D eigenvalue weighted by Crippen LogP contribution is 2.08. The standard InChI is InChI=1S/C15H22FN3O2/c1-3-8-17-14(20)9-18-15(21)11-19(2)10-12-6-4-5-7-13(12)16/h4-7H,3,8-11H2,1-2H3,(H,17,20)(H,18,21). The van der Waals surface area contributed by atoms with Gasteiger partial charge in [-0.15, -0.1) is 0 Å². The third-order valence-corrected chi connectivity index (χ3v) is 2.83. The third-order valence-electron chi connectivity index (χ3n) is 2.83. The zero-order valence-corrected chi connectivity index (χ0v) is 12.5. The van der Waals surface area contributed by atoms with Crippen molar-refractivity contribution >= 4 is 11.8 Å². The molecule has 1 rings (SSSR count). The predicted molar refractivity (Wildman–Crippen MR) is 79.0 cm³/mol. The Kier molecular flexibility index (Phi) is 7.39. The van der Waals surface area contributed by atoms with Crippen LogP contribution in [0.5, 0.6) is 0 Å². The molecule has 0 unspecified atom stereocenters. The second-order valence-electron chi connectivity index (χ2n) is 4.89. The molecular weight excluding hydrogens is 273 g/mol. The van der Waals surface area contributed by atoms with Crippen LogP contribution in [-0.2, 0) is 16.1 Å². The number of amides is 2. The van der Waals surface area contributed by atoms with E-state index >= 15 is 0 Å². The number of carbonyl (C=O) groups excluding carboxylic acids is 2. The van der Waals surface area contributed by atoms with E-state index in [0.29, 0.717) is 18.7 Å². The molecule has 0 aliphatic rings. The minimum atomic E-state index is -0.288. The first kappa shape index (κ1) is 17.1. The maximum atomic E-state index is 13.5. The van der Waals surface area contributed by atoms with Gasteiger partial charge in [0.05, 0.1) is 13.1 Å². The molecular formula is C15H22FN3O2. The molecule has 0 fully saturated rings. The van der Waals surface area contributed by atoms with Crippen molar-refractivity contribution in [1.82, 2.24) is 15.5 Å². The summed E-state index contributed by atoms with van der Waals surface area (Å²) < 4.78 is 13.5. The van der Waals surface area contributed by atoms with Crippen LogP contribution in [0.25, 0.3) is 0 Å². The van der Waals surface area contributed by atoms with Crippen LogP contribution in [0.1, 0.15) is 18.9 Å². The molecule has 0 saturated heterocycles. The van der Waals surface area contributed by atoms with Crippen molar-refractivity contribution in [3.05, 3.63) is 35.6 Å². The number of hydrogen-bond acceptors (Lipinski definition) is 3. The Bertz CT molecular complexity index is 480. The highest BCUT2D eigenvalue weighted by Gasteiger charge is 2.10. The van der Waals surface area contributed by atoms with Crippen molar-refractivity contribution in [3.8, 4) is 0 Å². The molecule has 0 saturated carbocycles. The van der Waals surface area contributed by atoms with E-state index in [-0.39, 0.29) is 30.7 Å². The Morgan fingerprint density at radius 2 is 1.90 bits per heavy atom. The molecule has 1 aromatic rings. The number of carbonyl (C=O) groups is 2. The molecule has 0 aliphatic carbocycles. The molecule has 21 heavy (non-hydrogen) atoms. The number of rotatable bonds is 8. The minimum Gasteiger partial charge on any atom is -0.355 e. The monoisotopic (exact) mass is 295 g/mol. The summed E-state index contributed by atoms with van der Waals surface area (Å²) in [7, 11) is 1.73. The SMILES string of the molecule is CCCNC(=O)CNC(=O)CN(C)Cc1ccccc1F. The Hall–Kier alpha value is -1.95. The van der Waals surface area contributed by atoms with E-state index in [2.05, 4.69) is 10.6 Å². The lowest BCUT2D eigenvalue weighted by molar-refractivity contribution is -0.126. The fraction of sp³-hybridized carbons (Fsp3) is 0.467. The highest BCUT2D eigenvalue weighted by atomic mass is 19.1. The van der Waals surface area contributed by atoms with Crippen molar-refractivity contribution < 1.29 is 14.0 Å². The van der Waals surface area contributed by atoms with E-state index in [4.69, 9.17) is 0 Å². The molecule has 1 aromatic carbocycles. The van der Waals surface area contributed by atoms with Crippen molar-refractivity contribution in [2.75, 3.05) is 26.7 Å². The summed E-state index contributed by atoms with van der Waals surface area (Å²) in [4.78, 5) is 24.7. The van der Waals surface area contributed by atoms with E-state index in [9.17, 15) is 14.0 Å². The summed E-state index contributed by atoms with van der Waals surface area (Å²) in [6.07, 6.45) is 0.852. The largest absolute Gasteiger partial charge is 0.355 e. The molecule has 0 atom stereocenters. The smallest absolute Gasteiger partial charge is 0.239 e. The number of halogens is 1. The van der Waals surface area contributed by atoms with Crippen LogP contribution >= 0.6 is 0 Å². The highest BCUT2D eigenvalue weighted by molar-refractivity contribution is 5.85. The van der Waals surface area contributed by atoms with Gasteiger partial charge in [0.2, 0.25) is 11.8 Å². The van der Waals surface area contributed by atoms with E-state index in [1.54, 1.807) is 30.1 Å². The van der Waals surface area contributed by atoms with Crippen LogP contribution < -0.4 is 10.6 Å². The van der Waals surface area contributed by atoms with Crippen molar-refractivity contribution in [2.45, 2.75) is 19.9 Å². The minimum absolute atomic E-state index is 0.0353. The van der Waals surface area contributed by atoms with Crippen LogP contribution in [0.15, 0.2) is 24.3 Å². The summed E-state index contributed by atoms with van der Waals surface area (Å²) in [6, 6.07) is 6.45. The summed E-state index contributed by atoms with van der Waals surface area (Å²) in [6.45, 7) is 2.96. The normalized spacial score (nSPS) is 10.5. The lowest BCUT2D eigenvalue weighted by atomic mass is 10.2. The number of likely N-dealkylation sites (N-methyl/N-ethyl adjacent to an activating group) is 1. The molecule has 2 N–H and O–H groups in total. The van der Waals surface area contributed by atoms with Gasteiger partial charge in [-0.2, -0.15) is 0 Å². The van der Waals surface area contributed by atoms with Gasteiger partial charge >= 0.3 is 0 Å². The van der Waals surface area contributed by atoms with Crippen molar-refractivity contribution in [1.29, 1.82) is 0 Å². The second kappa shape index (κ2) is 9.07. The van der Waals surface area contributed by atoms with Gasteiger partial charge in [-0.1, -0.05) is 25.1 Å². The van der Waals surface area contributed by atoms with Gasteiger partial charge in [-0.05, 0) is 19.5 Å². The number of nitrogens with one attached hydrogen (secondary N) is 2. The molecule has 5 nitrogen and oxygen atoms in total. The van der Waals surface area contributed by atoms with Crippen molar-refractivity contribution in [3.63, 3.8) is 0 Å². The van der Waals surface area contributed by atoms with Crippen LogP contribution in [0, 0.1) is 5.82 Å². The van der Waals surface area contributed by atoms with E-state index in [0.717, 1.165) is 6.42 Å². The molecule has 0 aliphatic heterocycles. The summed E-state index contributed by atoms with van der Waals surface area (Å²) in [5.41, 5.74) is 0.536. The van der Waals surface area contributed by atoms with Gasteiger partial charge in [-0.25, -0.2) is 4.39 Å². The molecule has 116 valence electrons. The molecule has 0 heterocycles. The third kappa shape index (κ3) is 6.85. The lowest BCUT2D eigenvalue weighted by Gasteiger charge is -2.16. The average molecular weight is 295 g/mol.